The number of aromatic nitrogens is 1. The molecule has 1 saturated heterocycles. The minimum atomic E-state index is -2.60. The minimum absolute atomic E-state index is 0.0173. The minimum Gasteiger partial charge on any atom is -0.487 e. The van der Waals surface area contributed by atoms with Crippen LogP contribution < -0.4 is 4.74 Å². The molecular formula is C23H30F2N2O5. The predicted octanol–water partition coefficient (Wildman–Crippen LogP) is 5.40. The zero-order valence-corrected chi connectivity index (χ0v) is 18.9. The summed E-state index contributed by atoms with van der Waals surface area (Å²) in [5, 5.41) is 0.692. The predicted molar refractivity (Wildman–Crippen MR) is 116 cm³/mol. The third-order valence-corrected chi connectivity index (χ3v) is 5.24. The summed E-state index contributed by atoms with van der Waals surface area (Å²) in [4.78, 5) is 26.3. The Morgan fingerprint density at radius 3 is 2.44 bits per heavy atom. The van der Waals surface area contributed by atoms with Crippen molar-refractivity contribution >= 4 is 23.1 Å². The zero-order valence-electron chi connectivity index (χ0n) is 18.9. The lowest BCUT2D eigenvalue weighted by atomic mass is 9.88. The molecule has 0 spiro atoms. The molecule has 2 heterocycles. The summed E-state index contributed by atoms with van der Waals surface area (Å²) < 4.78 is 43.0. The molecule has 1 fully saturated rings. The summed E-state index contributed by atoms with van der Waals surface area (Å²) in [5.74, 6) is 0.353. The van der Waals surface area contributed by atoms with E-state index in [1.165, 1.54) is 4.57 Å². The van der Waals surface area contributed by atoms with Gasteiger partial charge in [-0.3, -0.25) is 4.57 Å². The van der Waals surface area contributed by atoms with Gasteiger partial charge in [-0.1, -0.05) is 0 Å². The van der Waals surface area contributed by atoms with Crippen LogP contribution >= 0.6 is 0 Å². The van der Waals surface area contributed by atoms with E-state index in [1.807, 2.05) is 20.8 Å². The highest BCUT2D eigenvalue weighted by Crippen LogP contribution is 2.38. The van der Waals surface area contributed by atoms with E-state index in [0.717, 1.165) is 5.56 Å². The van der Waals surface area contributed by atoms with E-state index in [4.69, 9.17) is 14.2 Å². The number of nitrogens with zero attached hydrogens (tertiary/aromatic N) is 2. The maximum absolute atomic E-state index is 12.8. The molecule has 1 aromatic carbocycles. The molecule has 0 N–H and O–H groups in total. The molecule has 0 radical (unpaired) electrons. The first-order valence-corrected chi connectivity index (χ1v) is 10.8. The van der Waals surface area contributed by atoms with Gasteiger partial charge < -0.3 is 19.1 Å². The van der Waals surface area contributed by atoms with Gasteiger partial charge in [0.05, 0.1) is 12.1 Å². The number of halogens is 2. The van der Waals surface area contributed by atoms with E-state index in [1.54, 1.807) is 36.2 Å². The highest BCUT2D eigenvalue weighted by Gasteiger charge is 2.29. The van der Waals surface area contributed by atoms with E-state index < -0.39 is 24.7 Å². The van der Waals surface area contributed by atoms with Crippen LogP contribution in [0.25, 0.3) is 10.9 Å². The van der Waals surface area contributed by atoms with Gasteiger partial charge in [0.25, 0.3) is 6.43 Å². The summed E-state index contributed by atoms with van der Waals surface area (Å²) in [6, 6.07) is 5.21. The number of likely N-dealkylation sites (tertiary alicyclic amines) is 1. The molecule has 0 bridgehead atoms. The smallest absolute Gasteiger partial charge is 0.418 e. The van der Waals surface area contributed by atoms with Gasteiger partial charge in [0.1, 0.15) is 18.0 Å². The molecule has 9 heteroatoms. The second kappa shape index (κ2) is 9.75. The second-order valence-corrected chi connectivity index (χ2v) is 8.78. The molecule has 1 aromatic heterocycles. The first kappa shape index (κ1) is 23.8. The number of benzene rings is 1. The van der Waals surface area contributed by atoms with Gasteiger partial charge >= 0.3 is 12.2 Å². The summed E-state index contributed by atoms with van der Waals surface area (Å²) in [5.41, 5.74) is 0.789. The Morgan fingerprint density at radius 2 is 1.84 bits per heavy atom. The van der Waals surface area contributed by atoms with Crippen LogP contribution in [-0.2, 0) is 9.47 Å². The van der Waals surface area contributed by atoms with E-state index in [2.05, 4.69) is 0 Å². The van der Waals surface area contributed by atoms with Gasteiger partial charge in [0, 0.05) is 24.7 Å². The lowest BCUT2D eigenvalue weighted by Crippen LogP contribution is -2.41. The summed E-state index contributed by atoms with van der Waals surface area (Å²) in [7, 11) is 0. The zero-order chi connectivity index (χ0) is 23.5. The molecule has 0 unspecified atom stereocenters. The van der Waals surface area contributed by atoms with E-state index in [0.29, 0.717) is 42.6 Å². The number of fused-ring (bicyclic) bond motifs is 1. The molecule has 0 atom stereocenters. The third-order valence-electron chi connectivity index (χ3n) is 5.24. The van der Waals surface area contributed by atoms with Crippen LogP contribution in [0.5, 0.6) is 5.75 Å². The van der Waals surface area contributed by atoms with Crippen LogP contribution in [0.15, 0.2) is 24.4 Å². The van der Waals surface area contributed by atoms with Gasteiger partial charge in [-0.2, -0.15) is 0 Å². The maximum atomic E-state index is 12.8. The van der Waals surface area contributed by atoms with Crippen LogP contribution in [0.3, 0.4) is 0 Å². The molecular weight excluding hydrogens is 422 g/mol. The Labute approximate surface area is 186 Å². The first-order chi connectivity index (χ1) is 15.1. The van der Waals surface area contributed by atoms with Crippen molar-refractivity contribution in [2.75, 3.05) is 26.3 Å². The summed E-state index contributed by atoms with van der Waals surface area (Å²) in [6.45, 7) is 7.66. The standard InChI is InChI=1S/C23H30F2N2O5/c1-5-30-22(29)27-11-8-16-12-19(31-14-20(24)25)17(13-18(16)27)15-6-9-26(10-7-15)21(28)32-23(2,3)4/h8,11-13,15,20H,5-7,9-10,14H2,1-4H3. The molecule has 3 rings (SSSR count). The van der Waals surface area contributed by atoms with Crippen molar-refractivity contribution < 1.29 is 32.6 Å². The van der Waals surface area contributed by atoms with Gasteiger partial charge in [0.2, 0.25) is 0 Å². The largest absolute Gasteiger partial charge is 0.487 e. The number of rotatable bonds is 5. The Hall–Kier alpha value is -2.84. The molecule has 2 aromatic rings. The van der Waals surface area contributed by atoms with Crippen molar-refractivity contribution in [2.24, 2.45) is 0 Å². The second-order valence-electron chi connectivity index (χ2n) is 8.78. The molecule has 176 valence electrons. The Morgan fingerprint density at radius 1 is 1.16 bits per heavy atom. The quantitative estimate of drug-likeness (QED) is 0.607. The van der Waals surface area contributed by atoms with Crippen molar-refractivity contribution in [1.82, 2.24) is 9.47 Å². The van der Waals surface area contributed by atoms with Crippen molar-refractivity contribution in [2.45, 2.75) is 58.5 Å². The topological polar surface area (TPSA) is 70.0 Å². The number of carbonyl (C=O) groups is 2. The fourth-order valence-corrected chi connectivity index (χ4v) is 3.83. The van der Waals surface area contributed by atoms with E-state index in [9.17, 15) is 18.4 Å². The number of piperidine rings is 1. The fourth-order valence-electron chi connectivity index (χ4n) is 3.83. The fraction of sp³-hybridized carbons (Fsp3) is 0.565. The van der Waals surface area contributed by atoms with Crippen molar-refractivity contribution in [3.8, 4) is 5.75 Å². The maximum Gasteiger partial charge on any atom is 0.418 e. The number of hydrogen-bond acceptors (Lipinski definition) is 5. The average Bonchev–Trinajstić information content (AvgIpc) is 3.13. The van der Waals surface area contributed by atoms with Crippen LogP contribution in [-0.4, -0.2) is 60.0 Å². The molecule has 1 amide bonds. The van der Waals surface area contributed by atoms with Gasteiger partial charge in [0.15, 0.2) is 0 Å². The van der Waals surface area contributed by atoms with Crippen LogP contribution in [0.4, 0.5) is 18.4 Å². The Balaban J connectivity index is 1.86. The Kier molecular flexibility index (Phi) is 7.26. The molecule has 1 aliphatic heterocycles. The normalized spacial score (nSPS) is 15.3. The van der Waals surface area contributed by atoms with Crippen molar-refractivity contribution in [3.63, 3.8) is 0 Å². The van der Waals surface area contributed by atoms with Crippen molar-refractivity contribution in [1.29, 1.82) is 0 Å². The number of alkyl halides is 2. The van der Waals surface area contributed by atoms with Gasteiger partial charge in [-0.15, -0.1) is 0 Å². The van der Waals surface area contributed by atoms with Crippen LogP contribution in [0, 0.1) is 0 Å². The Bertz CT molecular complexity index is 959. The monoisotopic (exact) mass is 452 g/mol. The SMILES string of the molecule is CCOC(=O)n1ccc2cc(OCC(F)F)c(C3CCN(C(=O)OC(C)(C)C)CC3)cc21. The number of hydrogen-bond donors (Lipinski definition) is 0. The average molecular weight is 452 g/mol. The lowest BCUT2D eigenvalue weighted by Gasteiger charge is -2.34. The first-order valence-electron chi connectivity index (χ1n) is 10.8. The van der Waals surface area contributed by atoms with E-state index in [-0.39, 0.29) is 18.6 Å². The lowest BCUT2D eigenvalue weighted by molar-refractivity contribution is 0.0203. The molecule has 7 nitrogen and oxygen atoms in total. The van der Waals surface area contributed by atoms with Crippen LogP contribution in [0.1, 0.15) is 52.0 Å². The highest BCUT2D eigenvalue weighted by molar-refractivity contribution is 5.91. The highest BCUT2D eigenvalue weighted by atomic mass is 19.3. The summed E-state index contributed by atoms with van der Waals surface area (Å²) >= 11 is 0. The number of carbonyl (C=O) groups excluding carboxylic acids is 2. The molecule has 1 aliphatic rings. The van der Waals surface area contributed by atoms with Gasteiger partial charge in [-0.05, 0) is 70.2 Å². The van der Waals surface area contributed by atoms with Crippen molar-refractivity contribution in [3.05, 3.63) is 30.0 Å². The molecule has 32 heavy (non-hydrogen) atoms. The summed E-state index contributed by atoms with van der Waals surface area (Å²) in [6.07, 6.45) is -0.636. The molecule has 0 aliphatic carbocycles. The number of ether oxygens (including phenoxy) is 3. The van der Waals surface area contributed by atoms with Crippen LogP contribution in [0.2, 0.25) is 0 Å². The number of amides is 1. The van der Waals surface area contributed by atoms with Gasteiger partial charge in [-0.25, -0.2) is 18.4 Å². The van der Waals surface area contributed by atoms with E-state index >= 15 is 0 Å². The third kappa shape index (κ3) is 5.69. The molecule has 0 saturated carbocycles.